The van der Waals surface area contributed by atoms with E-state index in [-0.39, 0.29) is 10.1 Å². The SMILES string of the molecule is CCCCCCCCCC(CCCCCCC)C(I)OC(=O)CCc1ccccc1. The number of carbonyl (C=O) groups excluding carboxylic acids is 1. The highest BCUT2D eigenvalue weighted by atomic mass is 127. The fourth-order valence-corrected chi connectivity index (χ4v) is 4.95. The molecule has 0 saturated heterocycles. The fourth-order valence-electron chi connectivity index (χ4n) is 3.95. The molecule has 0 N–H and O–H groups in total. The van der Waals surface area contributed by atoms with Gasteiger partial charge in [0.1, 0.15) is 0 Å². The van der Waals surface area contributed by atoms with E-state index in [1.165, 1.54) is 95.5 Å². The fraction of sp³-hybridized carbons (Fsp3) is 0.741. The van der Waals surface area contributed by atoms with Crippen molar-refractivity contribution < 1.29 is 9.53 Å². The van der Waals surface area contributed by atoms with Crippen LogP contribution in [-0.2, 0) is 16.0 Å². The molecule has 0 aromatic heterocycles. The number of carbonyl (C=O) groups is 1. The lowest BCUT2D eigenvalue weighted by Crippen LogP contribution is -2.22. The van der Waals surface area contributed by atoms with Crippen molar-refractivity contribution in [2.24, 2.45) is 5.92 Å². The summed E-state index contributed by atoms with van der Waals surface area (Å²) in [7, 11) is 0. The topological polar surface area (TPSA) is 26.3 Å². The van der Waals surface area contributed by atoms with Gasteiger partial charge in [-0.15, -0.1) is 0 Å². The lowest BCUT2D eigenvalue weighted by atomic mass is 9.94. The molecule has 0 amide bonds. The summed E-state index contributed by atoms with van der Waals surface area (Å²) in [6, 6.07) is 10.2. The number of rotatable bonds is 19. The summed E-state index contributed by atoms with van der Waals surface area (Å²) < 4.78 is 5.88. The molecule has 0 aliphatic carbocycles. The van der Waals surface area contributed by atoms with E-state index in [1.54, 1.807) is 0 Å². The van der Waals surface area contributed by atoms with Crippen LogP contribution < -0.4 is 0 Å². The van der Waals surface area contributed by atoms with Crippen molar-refractivity contribution in [3.05, 3.63) is 35.9 Å². The zero-order chi connectivity index (χ0) is 21.9. The Kier molecular flexibility index (Phi) is 17.5. The first kappa shape index (κ1) is 27.5. The predicted octanol–water partition coefficient (Wildman–Crippen LogP) is 9.04. The average molecular weight is 529 g/mol. The summed E-state index contributed by atoms with van der Waals surface area (Å²) in [4.78, 5) is 12.4. The largest absolute Gasteiger partial charge is 0.451 e. The number of aryl methyl sites for hydroxylation is 1. The molecule has 30 heavy (non-hydrogen) atoms. The van der Waals surface area contributed by atoms with Gasteiger partial charge in [0.05, 0.1) is 0 Å². The predicted molar refractivity (Wildman–Crippen MR) is 138 cm³/mol. The first-order valence-electron chi connectivity index (χ1n) is 12.5. The number of benzene rings is 1. The standard InChI is InChI=1S/C27H45IO2/c1-3-5-7-9-10-12-17-21-25(20-16-11-8-6-4-2)27(28)30-26(29)23-22-24-18-14-13-15-19-24/h13-15,18-19,25,27H,3-12,16-17,20-23H2,1-2H3. The van der Waals surface area contributed by atoms with Crippen LogP contribution in [0.2, 0.25) is 0 Å². The van der Waals surface area contributed by atoms with Gasteiger partial charge in [-0.2, -0.15) is 0 Å². The van der Waals surface area contributed by atoms with Crippen LogP contribution in [0.25, 0.3) is 0 Å². The number of halogens is 1. The molecule has 0 bridgehead atoms. The van der Waals surface area contributed by atoms with Crippen molar-refractivity contribution in [3.8, 4) is 0 Å². The molecular formula is C27H45IO2. The molecule has 0 heterocycles. The zero-order valence-corrected chi connectivity index (χ0v) is 21.7. The van der Waals surface area contributed by atoms with Gasteiger partial charge >= 0.3 is 5.97 Å². The Morgan fingerprint density at radius 1 is 0.800 bits per heavy atom. The molecular weight excluding hydrogens is 483 g/mol. The van der Waals surface area contributed by atoms with E-state index in [9.17, 15) is 4.79 Å². The maximum Gasteiger partial charge on any atom is 0.307 e. The van der Waals surface area contributed by atoms with Gasteiger partial charge in [-0.1, -0.05) is 121 Å². The van der Waals surface area contributed by atoms with Gasteiger partial charge in [-0.25, -0.2) is 0 Å². The van der Waals surface area contributed by atoms with Gasteiger partial charge in [-0.05, 0) is 47.4 Å². The van der Waals surface area contributed by atoms with Gasteiger partial charge in [0.2, 0.25) is 0 Å². The summed E-state index contributed by atoms with van der Waals surface area (Å²) in [6.07, 6.45) is 19.6. The monoisotopic (exact) mass is 528 g/mol. The Labute approximate surface area is 200 Å². The van der Waals surface area contributed by atoms with Gasteiger partial charge in [-0.3, -0.25) is 4.79 Å². The summed E-state index contributed by atoms with van der Waals surface area (Å²) >= 11 is 2.38. The molecule has 3 heteroatoms. The third-order valence-electron chi connectivity index (χ3n) is 5.93. The maximum absolute atomic E-state index is 12.4. The van der Waals surface area contributed by atoms with Crippen LogP contribution in [0.3, 0.4) is 0 Å². The van der Waals surface area contributed by atoms with E-state index in [1.807, 2.05) is 18.2 Å². The second-order valence-corrected chi connectivity index (χ2v) is 9.93. The molecule has 0 fully saturated rings. The van der Waals surface area contributed by atoms with E-state index in [0.717, 1.165) is 6.42 Å². The molecule has 1 rings (SSSR count). The first-order valence-corrected chi connectivity index (χ1v) is 13.8. The lowest BCUT2D eigenvalue weighted by Gasteiger charge is -2.23. The maximum atomic E-state index is 12.4. The number of hydrogen-bond acceptors (Lipinski definition) is 2. The first-order chi connectivity index (χ1) is 14.7. The molecule has 0 aliphatic heterocycles. The average Bonchev–Trinajstić information content (AvgIpc) is 2.76. The summed E-state index contributed by atoms with van der Waals surface area (Å²) in [5, 5.41) is 0. The Morgan fingerprint density at radius 2 is 1.30 bits per heavy atom. The Hall–Kier alpha value is -0.580. The number of ether oxygens (including phenoxy) is 1. The highest BCUT2D eigenvalue weighted by Crippen LogP contribution is 2.28. The molecule has 0 aliphatic rings. The summed E-state index contributed by atoms with van der Waals surface area (Å²) in [5.41, 5.74) is 1.20. The lowest BCUT2D eigenvalue weighted by molar-refractivity contribution is -0.146. The van der Waals surface area contributed by atoms with Crippen LogP contribution in [0.1, 0.15) is 116 Å². The molecule has 1 aromatic rings. The third-order valence-corrected chi connectivity index (χ3v) is 7.20. The van der Waals surface area contributed by atoms with Crippen molar-refractivity contribution in [2.75, 3.05) is 0 Å². The van der Waals surface area contributed by atoms with E-state index < -0.39 is 0 Å². The Balaban J connectivity index is 2.36. The smallest absolute Gasteiger partial charge is 0.307 e. The van der Waals surface area contributed by atoms with Crippen LogP contribution in [0.5, 0.6) is 0 Å². The van der Waals surface area contributed by atoms with Crippen LogP contribution in [0.15, 0.2) is 30.3 Å². The molecule has 2 atom stereocenters. The van der Waals surface area contributed by atoms with Crippen molar-refractivity contribution in [2.45, 2.75) is 121 Å². The molecule has 1 aromatic carbocycles. The second kappa shape index (κ2) is 19.1. The van der Waals surface area contributed by atoms with Gasteiger partial charge in [0.15, 0.2) is 4.11 Å². The van der Waals surface area contributed by atoms with Crippen molar-refractivity contribution >= 4 is 28.6 Å². The molecule has 0 radical (unpaired) electrons. The Bertz CT molecular complexity index is 517. The summed E-state index contributed by atoms with van der Waals surface area (Å²) in [5.74, 6) is 0.456. The summed E-state index contributed by atoms with van der Waals surface area (Å²) in [6.45, 7) is 4.53. The molecule has 0 spiro atoms. The highest BCUT2D eigenvalue weighted by Gasteiger charge is 2.22. The number of unbranched alkanes of at least 4 members (excludes halogenated alkanes) is 10. The van der Waals surface area contributed by atoms with Crippen LogP contribution in [0.4, 0.5) is 0 Å². The number of alkyl halides is 1. The van der Waals surface area contributed by atoms with Gasteiger partial charge in [0, 0.05) is 12.3 Å². The van der Waals surface area contributed by atoms with Crippen LogP contribution >= 0.6 is 22.6 Å². The quantitative estimate of drug-likeness (QED) is 0.0775. The van der Waals surface area contributed by atoms with Crippen molar-refractivity contribution in [1.29, 1.82) is 0 Å². The minimum absolute atomic E-state index is 0.0112. The molecule has 0 saturated carbocycles. The number of esters is 1. The minimum atomic E-state index is -0.0474. The zero-order valence-electron chi connectivity index (χ0n) is 19.5. The van der Waals surface area contributed by atoms with E-state index in [0.29, 0.717) is 12.3 Å². The van der Waals surface area contributed by atoms with E-state index in [4.69, 9.17) is 4.74 Å². The van der Waals surface area contributed by atoms with Gasteiger partial charge < -0.3 is 4.74 Å². The highest BCUT2D eigenvalue weighted by molar-refractivity contribution is 14.1. The normalized spacial score (nSPS) is 13.2. The van der Waals surface area contributed by atoms with Crippen molar-refractivity contribution in [1.82, 2.24) is 0 Å². The third kappa shape index (κ3) is 14.4. The Morgan fingerprint density at radius 3 is 1.83 bits per heavy atom. The van der Waals surface area contributed by atoms with Crippen LogP contribution in [-0.4, -0.2) is 10.1 Å². The van der Waals surface area contributed by atoms with E-state index >= 15 is 0 Å². The van der Waals surface area contributed by atoms with E-state index in [2.05, 4.69) is 48.6 Å². The molecule has 2 unspecified atom stereocenters. The molecule has 172 valence electrons. The van der Waals surface area contributed by atoms with Crippen LogP contribution in [0, 0.1) is 5.92 Å². The molecule has 2 nitrogen and oxygen atoms in total. The van der Waals surface area contributed by atoms with Crippen molar-refractivity contribution in [3.63, 3.8) is 0 Å². The number of hydrogen-bond donors (Lipinski definition) is 0. The second-order valence-electron chi connectivity index (χ2n) is 8.70. The van der Waals surface area contributed by atoms with Gasteiger partial charge in [0.25, 0.3) is 0 Å². The minimum Gasteiger partial charge on any atom is -0.451 e.